The van der Waals surface area contributed by atoms with E-state index in [4.69, 9.17) is 5.11 Å². The summed E-state index contributed by atoms with van der Waals surface area (Å²) in [6.07, 6.45) is 5.36. The highest BCUT2D eigenvalue weighted by Gasteiger charge is 2.19. The number of nitrogens with zero attached hydrogens (tertiary/aromatic N) is 2. The highest BCUT2D eigenvalue weighted by atomic mass is 32.1. The number of hydrogen-bond acceptors (Lipinski definition) is 4. The summed E-state index contributed by atoms with van der Waals surface area (Å²) in [6, 6.07) is 0. The van der Waals surface area contributed by atoms with Gasteiger partial charge in [0, 0.05) is 24.7 Å². The van der Waals surface area contributed by atoms with Crippen molar-refractivity contribution in [3.8, 4) is 0 Å². The van der Waals surface area contributed by atoms with E-state index in [2.05, 4.69) is 9.88 Å². The number of likely N-dealkylation sites (tertiary alicyclic amines) is 1. The molecule has 84 valence electrons. The Bertz CT molecular complexity index is 274. The van der Waals surface area contributed by atoms with Crippen molar-refractivity contribution in [2.24, 2.45) is 5.92 Å². The fourth-order valence-electron chi connectivity index (χ4n) is 2.24. The fourth-order valence-corrected chi connectivity index (χ4v) is 2.89. The number of aromatic nitrogens is 1. The maximum atomic E-state index is 8.93. The number of rotatable bonds is 4. The lowest BCUT2D eigenvalue weighted by Gasteiger charge is -2.31. The van der Waals surface area contributed by atoms with E-state index in [9.17, 15) is 0 Å². The van der Waals surface area contributed by atoms with Crippen LogP contribution in [0.5, 0.6) is 0 Å². The minimum atomic E-state index is 0.329. The van der Waals surface area contributed by atoms with Gasteiger partial charge in [-0.1, -0.05) is 0 Å². The average Bonchev–Trinajstić information content (AvgIpc) is 2.71. The van der Waals surface area contributed by atoms with E-state index < -0.39 is 0 Å². The van der Waals surface area contributed by atoms with Gasteiger partial charge in [0.2, 0.25) is 0 Å². The molecule has 3 nitrogen and oxygen atoms in total. The van der Waals surface area contributed by atoms with Gasteiger partial charge in [-0.2, -0.15) is 0 Å². The molecule has 0 aliphatic carbocycles. The summed E-state index contributed by atoms with van der Waals surface area (Å²) in [5.41, 5.74) is 0. The zero-order valence-electron chi connectivity index (χ0n) is 8.93. The van der Waals surface area contributed by atoms with Gasteiger partial charge in [0.1, 0.15) is 5.01 Å². The molecule has 0 aromatic carbocycles. The Hall–Kier alpha value is -0.450. The van der Waals surface area contributed by atoms with Gasteiger partial charge in [0.25, 0.3) is 0 Å². The fraction of sp³-hybridized carbons (Fsp3) is 0.727. The lowest BCUT2D eigenvalue weighted by Crippen LogP contribution is -2.35. The molecule has 4 heteroatoms. The highest BCUT2D eigenvalue weighted by Crippen LogP contribution is 2.21. The van der Waals surface area contributed by atoms with Crippen molar-refractivity contribution in [2.75, 3.05) is 19.7 Å². The molecular formula is C11H18N2OS. The number of aliphatic hydroxyl groups is 1. The lowest BCUT2D eigenvalue weighted by atomic mass is 9.95. The van der Waals surface area contributed by atoms with Gasteiger partial charge in [-0.25, -0.2) is 4.98 Å². The summed E-state index contributed by atoms with van der Waals surface area (Å²) in [7, 11) is 0. The van der Waals surface area contributed by atoms with Crippen molar-refractivity contribution in [3.63, 3.8) is 0 Å². The van der Waals surface area contributed by atoms with Crippen LogP contribution in [0.25, 0.3) is 0 Å². The molecule has 0 radical (unpaired) electrons. The van der Waals surface area contributed by atoms with Crippen LogP contribution in [0.2, 0.25) is 0 Å². The molecule has 1 atom stereocenters. The highest BCUT2D eigenvalue weighted by molar-refractivity contribution is 7.09. The quantitative estimate of drug-likeness (QED) is 0.849. The molecule has 1 saturated heterocycles. The standard InChI is InChI=1S/C11H18N2OS/c14-6-3-10-2-1-5-13(8-10)9-11-12-4-7-15-11/h4,7,10,14H,1-3,5-6,8-9H2. The van der Waals surface area contributed by atoms with Crippen LogP contribution >= 0.6 is 11.3 Å². The van der Waals surface area contributed by atoms with E-state index in [1.54, 1.807) is 11.3 Å². The number of hydrogen-bond donors (Lipinski definition) is 1. The van der Waals surface area contributed by atoms with Gasteiger partial charge in [-0.05, 0) is 31.7 Å². The van der Waals surface area contributed by atoms with Crippen LogP contribution < -0.4 is 0 Å². The average molecular weight is 226 g/mol. The monoisotopic (exact) mass is 226 g/mol. The molecule has 1 aromatic heterocycles. The van der Waals surface area contributed by atoms with Gasteiger partial charge in [-0.15, -0.1) is 11.3 Å². The molecule has 15 heavy (non-hydrogen) atoms. The van der Waals surface area contributed by atoms with Crippen molar-refractivity contribution in [2.45, 2.75) is 25.8 Å². The second-order valence-electron chi connectivity index (χ2n) is 4.18. The Kier molecular flexibility index (Phi) is 4.11. The second-order valence-corrected chi connectivity index (χ2v) is 5.16. The molecule has 2 rings (SSSR count). The molecular weight excluding hydrogens is 208 g/mol. The molecule has 2 heterocycles. The Morgan fingerprint density at radius 1 is 1.60 bits per heavy atom. The summed E-state index contributed by atoms with van der Waals surface area (Å²) in [5.74, 6) is 0.684. The molecule has 0 bridgehead atoms. The van der Waals surface area contributed by atoms with Gasteiger partial charge < -0.3 is 5.11 Å². The summed E-state index contributed by atoms with van der Waals surface area (Å²) >= 11 is 1.73. The zero-order chi connectivity index (χ0) is 10.5. The topological polar surface area (TPSA) is 36.4 Å². The van der Waals surface area contributed by atoms with E-state index in [0.29, 0.717) is 12.5 Å². The van der Waals surface area contributed by atoms with E-state index in [1.807, 2.05) is 11.6 Å². The third-order valence-corrected chi connectivity index (χ3v) is 3.75. The Morgan fingerprint density at radius 2 is 2.53 bits per heavy atom. The maximum Gasteiger partial charge on any atom is 0.107 e. The minimum absolute atomic E-state index is 0.329. The smallest absolute Gasteiger partial charge is 0.107 e. The van der Waals surface area contributed by atoms with Crippen LogP contribution in [0, 0.1) is 5.92 Å². The number of piperidine rings is 1. The van der Waals surface area contributed by atoms with Crippen molar-refractivity contribution < 1.29 is 5.11 Å². The lowest BCUT2D eigenvalue weighted by molar-refractivity contribution is 0.142. The first-order valence-corrected chi connectivity index (χ1v) is 6.48. The molecule has 0 amide bonds. The SMILES string of the molecule is OCCC1CCCN(Cc2nccs2)C1. The Morgan fingerprint density at radius 3 is 3.27 bits per heavy atom. The first-order valence-electron chi connectivity index (χ1n) is 5.60. The van der Waals surface area contributed by atoms with Crippen LogP contribution in [0.3, 0.4) is 0 Å². The van der Waals surface area contributed by atoms with Crippen LogP contribution in [0.4, 0.5) is 0 Å². The van der Waals surface area contributed by atoms with E-state index in [0.717, 1.165) is 19.5 Å². The number of thiazole rings is 1. The molecule has 1 N–H and O–H groups in total. The van der Waals surface area contributed by atoms with Crippen LogP contribution in [0.15, 0.2) is 11.6 Å². The largest absolute Gasteiger partial charge is 0.396 e. The normalized spacial score (nSPS) is 23.1. The summed E-state index contributed by atoms with van der Waals surface area (Å²) in [4.78, 5) is 6.77. The van der Waals surface area contributed by atoms with Crippen molar-refractivity contribution >= 4 is 11.3 Å². The predicted molar refractivity (Wildman–Crippen MR) is 61.8 cm³/mol. The van der Waals surface area contributed by atoms with Gasteiger partial charge in [0.15, 0.2) is 0 Å². The van der Waals surface area contributed by atoms with Gasteiger partial charge >= 0.3 is 0 Å². The van der Waals surface area contributed by atoms with Crippen LogP contribution in [0.1, 0.15) is 24.3 Å². The van der Waals surface area contributed by atoms with Gasteiger partial charge in [-0.3, -0.25) is 4.90 Å². The zero-order valence-corrected chi connectivity index (χ0v) is 9.75. The summed E-state index contributed by atoms with van der Waals surface area (Å²) < 4.78 is 0. The van der Waals surface area contributed by atoms with Crippen molar-refractivity contribution in [1.82, 2.24) is 9.88 Å². The summed E-state index contributed by atoms with van der Waals surface area (Å²) in [5, 5.41) is 12.2. The molecule has 1 aliphatic rings. The first-order chi connectivity index (χ1) is 7.38. The molecule has 1 aromatic rings. The molecule has 0 saturated carbocycles. The van der Waals surface area contributed by atoms with Crippen molar-refractivity contribution in [3.05, 3.63) is 16.6 Å². The van der Waals surface area contributed by atoms with Gasteiger partial charge in [0.05, 0.1) is 6.54 Å². The third kappa shape index (κ3) is 3.26. The molecule has 0 spiro atoms. The third-order valence-electron chi connectivity index (χ3n) is 2.98. The molecule has 1 unspecified atom stereocenters. The van der Waals surface area contributed by atoms with Crippen LogP contribution in [-0.4, -0.2) is 34.7 Å². The van der Waals surface area contributed by atoms with E-state index >= 15 is 0 Å². The maximum absolute atomic E-state index is 8.93. The van der Waals surface area contributed by atoms with E-state index in [-0.39, 0.29) is 0 Å². The second kappa shape index (κ2) is 5.58. The number of aliphatic hydroxyl groups excluding tert-OH is 1. The van der Waals surface area contributed by atoms with Crippen LogP contribution in [-0.2, 0) is 6.54 Å². The van der Waals surface area contributed by atoms with E-state index in [1.165, 1.54) is 24.4 Å². The Balaban J connectivity index is 1.82. The minimum Gasteiger partial charge on any atom is -0.396 e. The first kappa shape index (κ1) is 11.0. The van der Waals surface area contributed by atoms with Crippen molar-refractivity contribution in [1.29, 1.82) is 0 Å². The predicted octanol–water partition coefficient (Wildman–Crippen LogP) is 1.74. The molecule has 1 aliphatic heterocycles. The molecule has 1 fully saturated rings. The Labute approximate surface area is 94.8 Å². The summed E-state index contributed by atoms with van der Waals surface area (Å²) in [6.45, 7) is 3.62.